The van der Waals surface area contributed by atoms with Gasteiger partial charge in [-0.25, -0.2) is 9.52 Å². The summed E-state index contributed by atoms with van der Waals surface area (Å²) in [6.07, 6.45) is -1.36. The van der Waals surface area contributed by atoms with Gasteiger partial charge < -0.3 is 4.74 Å². The fourth-order valence-electron chi connectivity index (χ4n) is 0.532. The molecule has 13 heavy (non-hydrogen) atoms. The van der Waals surface area contributed by atoms with Crippen LogP contribution in [0.3, 0.4) is 0 Å². The van der Waals surface area contributed by atoms with Crippen molar-refractivity contribution in [3.8, 4) is 0 Å². The van der Waals surface area contributed by atoms with E-state index < -0.39 is 16.3 Å². The van der Waals surface area contributed by atoms with Crippen LogP contribution in [0.4, 0.5) is 4.79 Å². The van der Waals surface area contributed by atoms with Gasteiger partial charge in [0.15, 0.2) is 0 Å². The Morgan fingerprint density at radius 2 is 2.00 bits per heavy atom. The average Bonchev–Trinajstić information content (AvgIpc) is 1.81. The minimum Gasteiger partial charge on any atom is -0.446 e. The molecule has 0 heterocycles. The van der Waals surface area contributed by atoms with E-state index in [1.807, 2.05) is 4.72 Å². The summed E-state index contributed by atoms with van der Waals surface area (Å²) in [5.74, 6) is 0. The van der Waals surface area contributed by atoms with Crippen LogP contribution in [0.15, 0.2) is 0 Å². The van der Waals surface area contributed by atoms with E-state index >= 15 is 0 Å². The first-order chi connectivity index (χ1) is 5.87. The Labute approximate surface area is 77.8 Å². The van der Waals surface area contributed by atoms with Crippen molar-refractivity contribution in [1.82, 2.24) is 9.44 Å². The van der Waals surface area contributed by atoms with Gasteiger partial charge in [-0.1, -0.05) is 0 Å². The smallest absolute Gasteiger partial charge is 0.422 e. The van der Waals surface area contributed by atoms with Crippen LogP contribution in [-0.4, -0.2) is 20.6 Å². The number of carbonyl (C=O) groups is 1. The Balaban J connectivity index is 4.05. The molecule has 0 saturated heterocycles. The zero-order chi connectivity index (χ0) is 10.5. The number of amides is 1. The van der Waals surface area contributed by atoms with Crippen LogP contribution in [0.1, 0.15) is 20.8 Å². The molecule has 0 fully saturated rings. The Kier molecular flexibility index (Phi) is 4.71. The quantitative estimate of drug-likeness (QED) is 0.689. The predicted octanol–water partition coefficient (Wildman–Crippen LogP) is 0.137. The SMILES string of the molecule is C[CH]NS(=O)(=O)NC(=O)OC(C)C. The Hall–Kier alpha value is -0.820. The van der Waals surface area contributed by atoms with Crippen molar-refractivity contribution in [3.63, 3.8) is 0 Å². The van der Waals surface area contributed by atoms with E-state index in [1.165, 1.54) is 13.5 Å². The highest BCUT2D eigenvalue weighted by Gasteiger charge is 2.14. The number of hydrogen-bond acceptors (Lipinski definition) is 4. The van der Waals surface area contributed by atoms with Gasteiger partial charge in [-0.3, -0.25) is 0 Å². The number of rotatable bonds is 4. The van der Waals surface area contributed by atoms with Crippen molar-refractivity contribution < 1.29 is 17.9 Å². The minimum atomic E-state index is -3.81. The molecule has 2 N–H and O–H groups in total. The van der Waals surface area contributed by atoms with Gasteiger partial charge in [-0.05, 0) is 20.8 Å². The zero-order valence-corrected chi connectivity index (χ0v) is 8.51. The highest BCUT2D eigenvalue weighted by Crippen LogP contribution is 1.89. The monoisotopic (exact) mass is 209 g/mol. The summed E-state index contributed by atoms with van der Waals surface area (Å²) < 4.78 is 29.9. The molecule has 0 atom stereocenters. The van der Waals surface area contributed by atoms with Crippen molar-refractivity contribution in [2.75, 3.05) is 0 Å². The maximum absolute atomic E-state index is 10.9. The summed E-state index contributed by atoms with van der Waals surface area (Å²) in [4.78, 5) is 10.8. The van der Waals surface area contributed by atoms with Gasteiger partial charge in [-0.2, -0.15) is 13.1 Å². The first-order valence-electron chi connectivity index (χ1n) is 3.66. The summed E-state index contributed by atoms with van der Waals surface area (Å²) in [7, 11) is -3.81. The van der Waals surface area contributed by atoms with Gasteiger partial charge in [-0.15, -0.1) is 0 Å². The second-order valence-corrected chi connectivity index (χ2v) is 3.91. The van der Waals surface area contributed by atoms with Gasteiger partial charge in [0.2, 0.25) is 0 Å². The maximum atomic E-state index is 10.9. The Bertz CT molecular complexity index is 260. The van der Waals surface area contributed by atoms with Crippen LogP contribution in [0.5, 0.6) is 0 Å². The lowest BCUT2D eigenvalue weighted by molar-refractivity contribution is 0.121. The average molecular weight is 209 g/mol. The molecule has 6 nitrogen and oxygen atoms in total. The third kappa shape index (κ3) is 6.35. The molecule has 0 unspecified atom stereocenters. The van der Waals surface area contributed by atoms with Crippen LogP contribution in [0, 0.1) is 6.54 Å². The summed E-state index contributed by atoms with van der Waals surface area (Å²) in [6.45, 7) is 5.90. The largest absolute Gasteiger partial charge is 0.446 e. The topological polar surface area (TPSA) is 84.5 Å². The molecule has 1 radical (unpaired) electrons. The van der Waals surface area contributed by atoms with E-state index in [-0.39, 0.29) is 6.10 Å². The van der Waals surface area contributed by atoms with Crippen LogP contribution in [-0.2, 0) is 14.9 Å². The Morgan fingerprint density at radius 3 is 2.38 bits per heavy atom. The van der Waals surface area contributed by atoms with Gasteiger partial charge in [0.25, 0.3) is 0 Å². The third-order valence-electron chi connectivity index (χ3n) is 0.833. The van der Waals surface area contributed by atoms with E-state index in [9.17, 15) is 13.2 Å². The van der Waals surface area contributed by atoms with E-state index in [1.54, 1.807) is 18.6 Å². The highest BCUT2D eigenvalue weighted by molar-refractivity contribution is 7.88. The lowest BCUT2D eigenvalue weighted by atomic mass is 10.5. The van der Waals surface area contributed by atoms with Gasteiger partial charge in [0, 0.05) is 6.54 Å². The first kappa shape index (κ1) is 12.2. The number of nitrogens with one attached hydrogen (secondary N) is 2. The number of hydrogen-bond donors (Lipinski definition) is 2. The Morgan fingerprint density at radius 1 is 1.46 bits per heavy atom. The van der Waals surface area contributed by atoms with Crippen molar-refractivity contribution in [1.29, 1.82) is 0 Å². The number of ether oxygens (including phenoxy) is 1. The summed E-state index contributed by atoms with van der Waals surface area (Å²) in [6, 6.07) is 0. The lowest BCUT2D eigenvalue weighted by Crippen LogP contribution is -2.39. The highest BCUT2D eigenvalue weighted by atomic mass is 32.2. The fourth-order valence-corrected chi connectivity index (χ4v) is 1.17. The molecule has 0 rings (SSSR count). The summed E-state index contributed by atoms with van der Waals surface area (Å²) in [5, 5.41) is 0. The molecule has 77 valence electrons. The van der Waals surface area contributed by atoms with Crippen LogP contribution >= 0.6 is 0 Å². The molecule has 0 aromatic rings. The third-order valence-corrected chi connectivity index (χ3v) is 1.81. The van der Waals surface area contributed by atoms with Crippen molar-refractivity contribution in [2.24, 2.45) is 0 Å². The predicted molar refractivity (Wildman–Crippen MR) is 46.8 cm³/mol. The first-order valence-corrected chi connectivity index (χ1v) is 5.14. The standard InChI is InChI=1S/C6H13N2O4S/c1-4-7-13(10,11)8-6(9)12-5(2)3/h4-5,7H,1-3H3,(H,8,9). The zero-order valence-electron chi connectivity index (χ0n) is 7.70. The van der Waals surface area contributed by atoms with Crippen molar-refractivity contribution in [3.05, 3.63) is 6.54 Å². The molecule has 0 aliphatic heterocycles. The van der Waals surface area contributed by atoms with E-state index in [2.05, 4.69) is 4.74 Å². The van der Waals surface area contributed by atoms with Crippen LogP contribution in [0.25, 0.3) is 0 Å². The molecule has 7 heteroatoms. The summed E-state index contributed by atoms with van der Waals surface area (Å²) >= 11 is 0. The molecule has 0 spiro atoms. The lowest BCUT2D eigenvalue weighted by Gasteiger charge is -2.09. The molecule has 0 aliphatic carbocycles. The van der Waals surface area contributed by atoms with Crippen molar-refractivity contribution >= 4 is 16.3 Å². The van der Waals surface area contributed by atoms with Gasteiger partial charge in [0.05, 0.1) is 6.10 Å². The fraction of sp³-hybridized carbons (Fsp3) is 0.667. The normalized spacial score (nSPS) is 11.4. The molecule has 0 aromatic heterocycles. The summed E-state index contributed by atoms with van der Waals surface area (Å²) in [5.41, 5.74) is 0. The number of carbonyl (C=O) groups excluding carboxylic acids is 1. The van der Waals surface area contributed by atoms with Crippen LogP contribution < -0.4 is 9.44 Å². The van der Waals surface area contributed by atoms with E-state index in [0.29, 0.717) is 0 Å². The maximum Gasteiger partial charge on any atom is 0.422 e. The van der Waals surface area contributed by atoms with E-state index in [4.69, 9.17) is 0 Å². The molecule has 0 saturated carbocycles. The molecular weight excluding hydrogens is 196 g/mol. The molecule has 0 bridgehead atoms. The van der Waals surface area contributed by atoms with Gasteiger partial charge in [0.1, 0.15) is 0 Å². The minimum absolute atomic E-state index is 0.360. The second kappa shape index (κ2) is 5.03. The second-order valence-electron chi connectivity index (χ2n) is 2.47. The van der Waals surface area contributed by atoms with Crippen LogP contribution in [0.2, 0.25) is 0 Å². The van der Waals surface area contributed by atoms with E-state index in [0.717, 1.165) is 0 Å². The molecule has 0 aromatic carbocycles. The van der Waals surface area contributed by atoms with Crippen molar-refractivity contribution in [2.45, 2.75) is 26.9 Å². The molecule has 0 aliphatic rings. The molecule has 1 amide bonds. The van der Waals surface area contributed by atoms with Gasteiger partial charge >= 0.3 is 16.3 Å². The molecular formula is C6H13N2O4S.